The fourth-order valence-electron chi connectivity index (χ4n) is 2.29. The van der Waals surface area contributed by atoms with Crippen molar-refractivity contribution in [3.05, 3.63) is 24.0 Å². The third-order valence-electron chi connectivity index (χ3n) is 3.32. The molecule has 1 aliphatic heterocycles. The Balaban J connectivity index is 1.90. The van der Waals surface area contributed by atoms with Crippen molar-refractivity contribution in [2.75, 3.05) is 18.5 Å². The molecule has 1 N–H and O–H groups in total. The molecular formula is C13H20N2O. The Morgan fingerprint density at radius 3 is 3.19 bits per heavy atom. The van der Waals surface area contributed by atoms with Crippen molar-refractivity contribution in [2.24, 2.45) is 5.92 Å². The lowest BCUT2D eigenvalue weighted by Crippen LogP contribution is -2.23. The van der Waals surface area contributed by atoms with Gasteiger partial charge < -0.3 is 10.1 Å². The molecule has 2 rings (SSSR count). The van der Waals surface area contributed by atoms with Crippen molar-refractivity contribution in [1.82, 2.24) is 4.98 Å². The number of aromatic nitrogens is 1. The molecule has 0 bridgehead atoms. The van der Waals surface area contributed by atoms with Crippen LogP contribution in [0.15, 0.2) is 18.5 Å². The van der Waals surface area contributed by atoms with Crippen LogP contribution in [0.25, 0.3) is 0 Å². The summed E-state index contributed by atoms with van der Waals surface area (Å²) < 4.78 is 5.68. The monoisotopic (exact) mass is 220 g/mol. The van der Waals surface area contributed by atoms with E-state index in [-0.39, 0.29) is 0 Å². The summed E-state index contributed by atoms with van der Waals surface area (Å²) in [4.78, 5) is 4.09. The van der Waals surface area contributed by atoms with Crippen LogP contribution in [0.5, 0.6) is 0 Å². The Morgan fingerprint density at radius 1 is 1.56 bits per heavy atom. The minimum absolute atomic E-state index is 0.439. The zero-order valence-corrected chi connectivity index (χ0v) is 10.1. The van der Waals surface area contributed by atoms with Crippen LogP contribution in [0.4, 0.5) is 5.69 Å². The van der Waals surface area contributed by atoms with Crippen molar-refractivity contribution in [2.45, 2.75) is 32.8 Å². The van der Waals surface area contributed by atoms with Crippen LogP contribution in [0.1, 0.15) is 25.3 Å². The average Bonchev–Trinajstić information content (AvgIpc) is 2.75. The lowest BCUT2D eigenvalue weighted by molar-refractivity contribution is 0.0900. The Bertz CT molecular complexity index is 340. The molecule has 0 aromatic carbocycles. The van der Waals surface area contributed by atoms with Crippen molar-refractivity contribution >= 4 is 5.69 Å². The molecular weight excluding hydrogens is 200 g/mol. The molecule has 2 unspecified atom stereocenters. The highest BCUT2D eigenvalue weighted by Crippen LogP contribution is 2.24. The molecule has 2 atom stereocenters. The summed E-state index contributed by atoms with van der Waals surface area (Å²) in [5.41, 5.74) is 2.39. The minimum atomic E-state index is 0.439. The second kappa shape index (κ2) is 5.30. The summed E-state index contributed by atoms with van der Waals surface area (Å²) in [6.07, 6.45) is 6.45. The lowest BCUT2D eigenvalue weighted by Gasteiger charge is -2.18. The predicted octanol–water partition coefficient (Wildman–Crippen LogP) is 2.62. The second-order valence-corrected chi connectivity index (χ2v) is 4.44. The van der Waals surface area contributed by atoms with Crippen LogP contribution in [0, 0.1) is 12.8 Å². The molecule has 1 aromatic heterocycles. The molecule has 0 amide bonds. The number of hydrogen-bond acceptors (Lipinski definition) is 3. The molecule has 1 aliphatic rings. The molecule has 1 saturated heterocycles. The third-order valence-corrected chi connectivity index (χ3v) is 3.32. The Labute approximate surface area is 97.2 Å². The molecule has 16 heavy (non-hydrogen) atoms. The molecule has 3 nitrogen and oxygen atoms in total. The van der Waals surface area contributed by atoms with Gasteiger partial charge in [-0.2, -0.15) is 0 Å². The molecule has 1 fully saturated rings. The maximum Gasteiger partial charge on any atom is 0.0618 e. The van der Waals surface area contributed by atoms with E-state index in [1.807, 2.05) is 18.5 Å². The maximum absolute atomic E-state index is 5.68. The molecule has 0 saturated carbocycles. The van der Waals surface area contributed by atoms with Gasteiger partial charge in [0.05, 0.1) is 6.10 Å². The number of nitrogens with zero attached hydrogens (tertiary/aromatic N) is 1. The minimum Gasteiger partial charge on any atom is -0.384 e. The van der Waals surface area contributed by atoms with Crippen molar-refractivity contribution in [1.29, 1.82) is 0 Å². The van der Waals surface area contributed by atoms with Gasteiger partial charge in [-0.3, -0.25) is 4.98 Å². The number of ether oxygens (including phenoxy) is 1. The highest BCUT2D eigenvalue weighted by molar-refractivity contribution is 5.48. The fraction of sp³-hybridized carbons (Fsp3) is 0.615. The summed E-state index contributed by atoms with van der Waals surface area (Å²) in [6.45, 7) is 6.20. The van der Waals surface area contributed by atoms with Crippen LogP contribution in [-0.4, -0.2) is 24.2 Å². The first-order chi connectivity index (χ1) is 7.81. The van der Waals surface area contributed by atoms with E-state index in [9.17, 15) is 0 Å². The van der Waals surface area contributed by atoms with Gasteiger partial charge in [0, 0.05) is 37.2 Å². The Kier molecular flexibility index (Phi) is 3.78. The largest absolute Gasteiger partial charge is 0.384 e. The Morgan fingerprint density at radius 2 is 2.44 bits per heavy atom. The van der Waals surface area contributed by atoms with Gasteiger partial charge >= 0.3 is 0 Å². The van der Waals surface area contributed by atoms with E-state index in [1.54, 1.807) is 0 Å². The molecule has 1 aromatic rings. The number of rotatable bonds is 4. The second-order valence-electron chi connectivity index (χ2n) is 4.44. The standard InChI is InChI=1S/C13H20N2O/c1-3-13-11(5-7-16-13)9-15-12-4-6-14-8-10(12)2/h4,6,8,11,13H,3,5,7,9H2,1-2H3,(H,14,15). The molecule has 0 spiro atoms. The highest BCUT2D eigenvalue weighted by Gasteiger charge is 2.26. The van der Waals surface area contributed by atoms with Crippen LogP contribution in [0.3, 0.4) is 0 Å². The van der Waals surface area contributed by atoms with E-state index in [0.29, 0.717) is 12.0 Å². The molecule has 0 aliphatic carbocycles. The number of nitrogens with one attached hydrogen (secondary N) is 1. The molecule has 3 heteroatoms. The van der Waals surface area contributed by atoms with Crippen molar-refractivity contribution in [3.8, 4) is 0 Å². The summed E-state index contributed by atoms with van der Waals surface area (Å²) in [5, 5.41) is 3.50. The average molecular weight is 220 g/mol. The quantitative estimate of drug-likeness (QED) is 0.847. The smallest absolute Gasteiger partial charge is 0.0618 e. The summed E-state index contributed by atoms with van der Waals surface area (Å²) in [7, 11) is 0. The predicted molar refractivity (Wildman–Crippen MR) is 65.6 cm³/mol. The number of aryl methyl sites for hydroxylation is 1. The van der Waals surface area contributed by atoms with Gasteiger partial charge in [-0.05, 0) is 31.4 Å². The van der Waals surface area contributed by atoms with Gasteiger partial charge in [0.2, 0.25) is 0 Å². The third kappa shape index (κ3) is 2.53. The normalized spacial score (nSPS) is 24.6. The summed E-state index contributed by atoms with van der Waals surface area (Å²) in [6, 6.07) is 2.03. The number of pyridine rings is 1. The number of anilines is 1. The van der Waals surface area contributed by atoms with E-state index in [1.165, 1.54) is 17.7 Å². The first kappa shape index (κ1) is 11.4. The highest BCUT2D eigenvalue weighted by atomic mass is 16.5. The summed E-state index contributed by atoms with van der Waals surface area (Å²) in [5.74, 6) is 0.651. The number of hydrogen-bond donors (Lipinski definition) is 1. The van der Waals surface area contributed by atoms with E-state index >= 15 is 0 Å². The SMILES string of the molecule is CCC1OCCC1CNc1ccncc1C. The van der Waals surface area contributed by atoms with E-state index in [4.69, 9.17) is 4.74 Å². The molecule has 88 valence electrons. The van der Waals surface area contributed by atoms with Gasteiger partial charge in [-0.25, -0.2) is 0 Å². The van der Waals surface area contributed by atoms with Gasteiger partial charge in [0.15, 0.2) is 0 Å². The van der Waals surface area contributed by atoms with E-state index in [2.05, 4.69) is 24.1 Å². The van der Waals surface area contributed by atoms with Crippen LogP contribution in [0.2, 0.25) is 0 Å². The van der Waals surface area contributed by atoms with Gasteiger partial charge in [-0.1, -0.05) is 6.92 Å². The first-order valence-electron chi connectivity index (χ1n) is 6.07. The van der Waals surface area contributed by atoms with E-state index < -0.39 is 0 Å². The topological polar surface area (TPSA) is 34.1 Å². The zero-order valence-electron chi connectivity index (χ0n) is 10.1. The fourth-order valence-corrected chi connectivity index (χ4v) is 2.29. The van der Waals surface area contributed by atoms with Crippen LogP contribution in [-0.2, 0) is 4.74 Å². The van der Waals surface area contributed by atoms with Crippen molar-refractivity contribution < 1.29 is 4.74 Å². The lowest BCUT2D eigenvalue weighted by atomic mass is 9.99. The van der Waals surface area contributed by atoms with E-state index in [0.717, 1.165) is 19.6 Å². The molecule has 2 heterocycles. The van der Waals surface area contributed by atoms with Gasteiger partial charge in [-0.15, -0.1) is 0 Å². The first-order valence-corrected chi connectivity index (χ1v) is 6.07. The van der Waals surface area contributed by atoms with Crippen molar-refractivity contribution in [3.63, 3.8) is 0 Å². The summed E-state index contributed by atoms with van der Waals surface area (Å²) >= 11 is 0. The molecule has 0 radical (unpaired) electrons. The van der Waals surface area contributed by atoms with Crippen LogP contribution >= 0.6 is 0 Å². The van der Waals surface area contributed by atoms with Crippen LogP contribution < -0.4 is 5.32 Å². The van der Waals surface area contributed by atoms with Gasteiger partial charge in [0.25, 0.3) is 0 Å². The Hall–Kier alpha value is -1.09. The maximum atomic E-state index is 5.68. The zero-order chi connectivity index (χ0) is 11.4. The van der Waals surface area contributed by atoms with Gasteiger partial charge in [0.1, 0.15) is 0 Å².